The van der Waals surface area contributed by atoms with Crippen molar-refractivity contribution in [3.05, 3.63) is 78.0 Å². The standard InChI is InChI=1S/C19H17N5O2/c1-13-17(10-20-23-13)19(25)22-14-5-7-16(8-6-14)26-12-15-11-24-9-3-2-4-18(24)21-15/h2-11H,12H2,1H3,(H,20,23)(H,22,25). The average molecular weight is 347 g/mol. The molecule has 0 bridgehead atoms. The summed E-state index contributed by atoms with van der Waals surface area (Å²) in [5.74, 6) is 0.508. The molecule has 0 aliphatic carbocycles. The summed E-state index contributed by atoms with van der Waals surface area (Å²) in [4.78, 5) is 16.7. The largest absolute Gasteiger partial charge is 0.487 e. The van der Waals surface area contributed by atoms with E-state index in [2.05, 4.69) is 20.5 Å². The number of carbonyl (C=O) groups is 1. The van der Waals surface area contributed by atoms with Crippen molar-refractivity contribution in [2.45, 2.75) is 13.5 Å². The lowest BCUT2D eigenvalue weighted by atomic mass is 10.2. The molecule has 0 radical (unpaired) electrons. The van der Waals surface area contributed by atoms with Crippen LogP contribution in [0.5, 0.6) is 5.75 Å². The Morgan fingerprint density at radius 2 is 2.08 bits per heavy atom. The van der Waals surface area contributed by atoms with E-state index in [0.717, 1.165) is 17.0 Å². The first-order chi connectivity index (χ1) is 12.7. The molecule has 2 N–H and O–H groups in total. The van der Waals surface area contributed by atoms with Crippen LogP contribution in [0.4, 0.5) is 5.69 Å². The quantitative estimate of drug-likeness (QED) is 0.581. The van der Waals surface area contributed by atoms with Crippen molar-refractivity contribution in [3.63, 3.8) is 0 Å². The number of aryl methyl sites for hydroxylation is 1. The number of benzene rings is 1. The van der Waals surface area contributed by atoms with Gasteiger partial charge in [-0.05, 0) is 43.3 Å². The number of H-pyrrole nitrogens is 1. The molecule has 0 atom stereocenters. The molecule has 7 nitrogen and oxygen atoms in total. The van der Waals surface area contributed by atoms with Crippen LogP contribution in [0, 0.1) is 6.92 Å². The lowest BCUT2D eigenvalue weighted by Gasteiger charge is -2.07. The number of aromatic amines is 1. The van der Waals surface area contributed by atoms with Crippen LogP contribution in [-0.4, -0.2) is 25.5 Å². The van der Waals surface area contributed by atoms with E-state index in [1.807, 2.05) is 47.1 Å². The molecule has 0 aliphatic rings. The first kappa shape index (κ1) is 15.9. The highest BCUT2D eigenvalue weighted by Crippen LogP contribution is 2.18. The highest BCUT2D eigenvalue weighted by Gasteiger charge is 2.11. The molecule has 4 aromatic rings. The number of fused-ring (bicyclic) bond motifs is 1. The van der Waals surface area contributed by atoms with Crippen LogP contribution in [0.15, 0.2) is 61.1 Å². The summed E-state index contributed by atoms with van der Waals surface area (Å²) in [6.07, 6.45) is 5.40. The summed E-state index contributed by atoms with van der Waals surface area (Å²) in [5, 5.41) is 9.44. The Balaban J connectivity index is 1.38. The monoisotopic (exact) mass is 347 g/mol. The molecule has 3 aromatic heterocycles. The van der Waals surface area contributed by atoms with Crippen LogP contribution >= 0.6 is 0 Å². The summed E-state index contributed by atoms with van der Waals surface area (Å²) >= 11 is 0. The maximum absolute atomic E-state index is 12.2. The average Bonchev–Trinajstić information content (AvgIpc) is 3.26. The zero-order chi connectivity index (χ0) is 17.9. The molecule has 7 heteroatoms. The Bertz CT molecular complexity index is 1020. The number of nitrogens with one attached hydrogen (secondary N) is 2. The minimum absolute atomic E-state index is 0.199. The highest BCUT2D eigenvalue weighted by molar-refractivity contribution is 6.04. The second kappa shape index (κ2) is 6.72. The van der Waals surface area contributed by atoms with E-state index in [4.69, 9.17) is 4.74 Å². The lowest BCUT2D eigenvalue weighted by Crippen LogP contribution is -2.12. The topological polar surface area (TPSA) is 84.3 Å². The summed E-state index contributed by atoms with van der Waals surface area (Å²) < 4.78 is 7.72. The molecule has 0 saturated heterocycles. The molecule has 26 heavy (non-hydrogen) atoms. The van der Waals surface area contributed by atoms with Crippen LogP contribution in [-0.2, 0) is 6.61 Å². The van der Waals surface area contributed by atoms with Crippen molar-refractivity contribution in [2.24, 2.45) is 0 Å². The van der Waals surface area contributed by atoms with Crippen molar-refractivity contribution in [3.8, 4) is 5.75 Å². The minimum Gasteiger partial charge on any atom is -0.487 e. The zero-order valence-electron chi connectivity index (χ0n) is 14.1. The van der Waals surface area contributed by atoms with Crippen LogP contribution < -0.4 is 10.1 Å². The number of hydrogen-bond donors (Lipinski definition) is 2. The predicted octanol–water partition coefficient (Wildman–Crippen LogP) is 3.20. The fourth-order valence-electron chi connectivity index (χ4n) is 2.63. The first-order valence-electron chi connectivity index (χ1n) is 8.16. The molecule has 1 aromatic carbocycles. The molecule has 0 spiro atoms. The van der Waals surface area contributed by atoms with Gasteiger partial charge < -0.3 is 14.5 Å². The Morgan fingerprint density at radius 1 is 1.23 bits per heavy atom. The van der Waals surface area contributed by atoms with E-state index in [0.29, 0.717) is 23.6 Å². The van der Waals surface area contributed by atoms with Gasteiger partial charge >= 0.3 is 0 Å². The molecule has 0 fully saturated rings. The molecule has 0 aliphatic heterocycles. The van der Waals surface area contributed by atoms with Gasteiger partial charge in [-0.3, -0.25) is 9.89 Å². The van der Waals surface area contributed by atoms with Gasteiger partial charge in [0.1, 0.15) is 18.0 Å². The van der Waals surface area contributed by atoms with E-state index < -0.39 is 0 Å². The number of nitrogens with zero attached hydrogens (tertiary/aromatic N) is 3. The zero-order valence-corrected chi connectivity index (χ0v) is 14.1. The number of ether oxygens (including phenoxy) is 1. The Labute approximate surface area is 149 Å². The van der Waals surface area contributed by atoms with E-state index in [1.165, 1.54) is 6.20 Å². The van der Waals surface area contributed by atoms with Gasteiger partial charge in [0.25, 0.3) is 5.91 Å². The van der Waals surface area contributed by atoms with Crippen molar-refractivity contribution >= 4 is 17.2 Å². The van der Waals surface area contributed by atoms with Crippen molar-refractivity contribution in [2.75, 3.05) is 5.32 Å². The molecular weight excluding hydrogens is 330 g/mol. The Morgan fingerprint density at radius 3 is 2.81 bits per heavy atom. The molecule has 130 valence electrons. The normalized spacial score (nSPS) is 10.8. The minimum atomic E-state index is -0.199. The number of aromatic nitrogens is 4. The first-order valence-corrected chi connectivity index (χ1v) is 8.16. The molecule has 3 heterocycles. The maximum Gasteiger partial charge on any atom is 0.259 e. The number of pyridine rings is 1. The second-order valence-electron chi connectivity index (χ2n) is 5.87. The van der Waals surface area contributed by atoms with Crippen LogP contribution in [0.2, 0.25) is 0 Å². The molecule has 1 amide bonds. The number of imidazole rings is 1. The predicted molar refractivity (Wildman–Crippen MR) is 97.2 cm³/mol. The number of anilines is 1. The van der Waals surface area contributed by atoms with Gasteiger partial charge in [-0.2, -0.15) is 5.10 Å². The fraction of sp³-hybridized carbons (Fsp3) is 0.105. The van der Waals surface area contributed by atoms with Gasteiger partial charge in [0.05, 0.1) is 17.5 Å². The number of carbonyl (C=O) groups excluding carboxylic acids is 1. The number of hydrogen-bond acceptors (Lipinski definition) is 4. The third kappa shape index (κ3) is 3.27. The second-order valence-corrected chi connectivity index (χ2v) is 5.87. The number of rotatable bonds is 5. The van der Waals surface area contributed by atoms with Gasteiger partial charge in [0, 0.05) is 23.8 Å². The summed E-state index contributed by atoms with van der Waals surface area (Å²) in [7, 11) is 0. The lowest BCUT2D eigenvalue weighted by molar-refractivity contribution is 0.102. The molecule has 0 unspecified atom stereocenters. The highest BCUT2D eigenvalue weighted by atomic mass is 16.5. The van der Waals surface area contributed by atoms with Crippen LogP contribution in [0.3, 0.4) is 0 Å². The number of amides is 1. The third-order valence-electron chi connectivity index (χ3n) is 3.99. The van der Waals surface area contributed by atoms with Gasteiger partial charge in [-0.1, -0.05) is 6.07 Å². The molecule has 0 saturated carbocycles. The van der Waals surface area contributed by atoms with Crippen molar-refractivity contribution < 1.29 is 9.53 Å². The summed E-state index contributed by atoms with van der Waals surface area (Å²) in [6.45, 7) is 2.18. The summed E-state index contributed by atoms with van der Waals surface area (Å²) in [6, 6.07) is 13.1. The van der Waals surface area contributed by atoms with E-state index in [9.17, 15) is 4.79 Å². The van der Waals surface area contributed by atoms with E-state index in [1.54, 1.807) is 19.1 Å². The van der Waals surface area contributed by atoms with Crippen molar-refractivity contribution in [1.82, 2.24) is 19.6 Å². The van der Waals surface area contributed by atoms with Crippen LogP contribution in [0.1, 0.15) is 21.7 Å². The van der Waals surface area contributed by atoms with Crippen molar-refractivity contribution in [1.29, 1.82) is 0 Å². The van der Waals surface area contributed by atoms with Gasteiger partial charge in [-0.15, -0.1) is 0 Å². The SMILES string of the molecule is Cc1[nH]ncc1C(=O)Nc1ccc(OCc2cn3ccccc3n2)cc1. The van der Waals surface area contributed by atoms with Gasteiger partial charge in [-0.25, -0.2) is 4.98 Å². The fourth-order valence-corrected chi connectivity index (χ4v) is 2.63. The van der Waals surface area contributed by atoms with Crippen LogP contribution in [0.25, 0.3) is 5.65 Å². The van der Waals surface area contributed by atoms with E-state index in [-0.39, 0.29) is 5.91 Å². The molecule has 4 rings (SSSR count). The Hall–Kier alpha value is -3.61. The van der Waals surface area contributed by atoms with E-state index >= 15 is 0 Å². The van der Waals surface area contributed by atoms with Gasteiger partial charge in [0.15, 0.2) is 0 Å². The Kier molecular flexibility index (Phi) is 4.10. The maximum atomic E-state index is 12.2. The molecular formula is C19H17N5O2. The van der Waals surface area contributed by atoms with Gasteiger partial charge in [0.2, 0.25) is 0 Å². The smallest absolute Gasteiger partial charge is 0.259 e. The third-order valence-corrected chi connectivity index (χ3v) is 3.99. The summed E-state index contributed by atoms with van der Waals surface area (Å²) in [5.41, 5.74) is 3.69.